The van der Waals surface area contributed by atoms with E-state index in [1.807, 2.05) is 0 Å². The fourth-order valence-electron chi connectivity index (χ4n) is 6.28. The predicted octanol–water partition coefficient (Wildman–Crippen LogP) is 8.32. The average molecular weight is 421 g/mol. The Hall–Kier alpha value is -3.90. The first-order chi connectivity index (χ1) is 16.3. The summed E-state index contributed by atoms with van der Waals surface area (Å²) in [6.07, 6.45) is 0. The minimum Gasteiger partial charge on any atom is -0.0619 e. The van der Waals surface area contributed by atoms with Gasteiger partial charge in [-0.15, -0.1) is 0 Å². The van der Waals surface area contributed by atoms with Gasteiger partial charge in [-0.25, -0.2) is 0 Å². The molecule has 5 aromatic carbocycles. The van der Waals surface area contributed by atoms with Crippen LogP contribution in [0.4, 0.5) is 0 Å². The summed E-state index contributed by atoms with van der Waals surface area (Å²) >= 11 is 0. The Labute approximate surface area is 195 Å². The Balaban J connectivity index is 1.45. The van der Waals surface area contributed by atoms with Gasteiger partial charge in [0.1, 0.15) is 0 Å². The summed E-state index contributed by atoms with van der Waals surface area (Å²) in [5.41, 5.74) is 15.4. The summed E-state index contributed by atoms with van der Waals surface area (Å²) in [4.78, 5) is 0. The van der Waals surface area contributed by atoms with E-state index in [0.29, 0.717) is 0 Å². The third-order valence-electron chi connectivity index (χ3n) is 7.71. The van der Waals surface area contributed by atoms with E-state index in [-0.39, 0.29) is 11.8 Å². The monoisotopic (exact) mass is 420 g/mol. The topological polar surface area (TPSA) is 0 Å². The number of fused-ring (bicyclic) bond motifs is 6. The molecule has 0 spiro atoms. The van der Waals surface area contributed by atoms with Crippen LogP contribution < -0.4 is 0 Å². The quantitative estimate of drug-likeness (QED) is 0.264. The minimum absolute atomic E-state index is 0.282. The maximum atomic E-state index is 2.34. The van der Waals surface area contributed by atoms with E-state index < -0.39 is 0 Å². The zero-order valence-electron chi connectivity index (χ0n) is 18.6. The average Bonchev–Trinajstić information content (AvgIpc) is 3.38. The highest BCUT2D eigenvalue weighted by atomic mass is 14.4. The van der Waals surface area contributed by atoms with Gasteiger partial charge in [0, 0.05) is 11.8 Å². The van der Waals surface area contributed by atoms with Gasteiger partial charge < -0.3 is 0 Å². The molecule has 0 bridgehead atoms. The molecule has 33 heavy (non-hydrogen) atoms. The molecule has 0 radical (unpaired) electrons. The Morgan fingerprint density at radius 1 is 0.333 bits per heavy atom. The van der Waals surface area contributed by atoms with Gasteiger partial charge in [0.2, 0.25) is 0 Å². The smallest absolute Gasteiger partial charge is 0.0355 e. The standard InChI is InChI=1S/C33H24/c1-21-22(32-28-15-6-2-11-24(28)25-12-3-7-16-29(25)32)19-10-20-23(21)33-30-17-8-4-13-26(30)27-14-5-9-18-31(27)33/h2-20,32-33H,1H3. The molecule has 0 atom stereocenters. The molecule has 156 valence electrons. The van der Waals surface area contributed by atoms with Gasteiger partial charge in [-0.1, -0.05) is 115 Å². The lowest BCUT2D eigenvalue weighted by Gasteiger charge is -2.23. The molecule has 0 aliphatic heterocycles. The Bertz CT molecular complexity index is 1330. The summed E-state index contributed by atoms with van der Waals surface area (Å²) in [5.74, 6) is 0.563. The van der Waals surface area contributed by atoms with Crippen LogP contribution in [0.25, 0.3) is 22.3 Å². The second-order valence-electron chi connectivity index (χ2n) is 9.28. The maximum Gasteiger partial charge on any atom is 0.0355 e. The lowest BCUT2D eigenvalue weighted by Crippen LogP contribution is -2.07. The first-order valence-electron chi connectivity index (χ1n) is 11.8. The summed E-state index contributed by atoms with van der Waals surface area (Å²) in [7, 11) is 0. The van der Waals surface area contributed by atoms with Crippen LogP contribution in [0.15, 0.2) is 115 Å². The third kappa shape index (κ3) is 2.58. The largest absolute Gasteiger partial charge is 0.0619 e. The van der Waals surface area contributed by atoms with Crippen LogP contribution >= 0.6 is 0 Å². The molecule has 2 aliphatic rings. The maximum absolute atomic E-state index is 2.34. The highest BCUT2D eigenvalue weighted by Gasteiger charge is 2.34. The van der Waals surface area contributed by atoms with Crippen LogP contribution in [0.2, 0.25) is 0 Å². The summed E-state index contributed by atoms with van der Waals surface area (Å²) in [6.45, 7) is 2.33. The van der Waals surface area contributed by atoms with Crippen molar-refractivity contribution in [1.29, 1.82) is 0 Å². The van der Waals surface area contributed by atoms with Gasteiger partial charge in [-0.2, -0.15) is 0 Å². The first-order valence-corrected chi connectivity index (χ1v) is 11.8. The fourth-order valence-corrected chi connectivity index (χ4v) is 6.28. The van der Waals surface area contributed by atoms with Crippen molar-refractivity contribution in [2.45, 2.75) is 18.8 Å². The number of rotatable bonds is 2. The normalized spacial score (nSPS) is 14.0. The minimum atomic E-state index is 0.282. The summed E-state index contributed by atoms with van der Waals surface area (Å²) in [5, 5.41) is 0. The van der Waals surface area contributed by atoms with Crippen LogP contribution in [-0.2, 0) is 0 Å². The van der Waals surface area contributed by atoms with Crippen molar-refractivity contribution < 1.29 is 0 Å². The lowest BCUT2D eigenvalue weighted by molar-refractivity contribution is 0.946. The van der Waals surface area contributed by atoms with Crippen LogP contribution in [0.3, 0.4) is 0 Å². The molecule has 0 fully saturated rings. The van der Waals surface area contributed by atoms with E-state index in [1.165, 1.54) is 61.2 Å². The van der Waals surface area contributed by atoms with Gasteiger partial charge >= 0.3 is 0 Å². The Kier molecular flexibility index (Phi) is 3.98. The molecule has 0 nitrogen and oxygen atoms in total. The van der Waals surface area contributed by atoms with Crippen molar-refractivity contribution >= 4 is 0 Å². The SMILES string of the molecule is Cc1c(C2c3ccccc3-c3ccccc32)cccc1C1c2ccccc2-c2ccccc21. The van der Waals surface area contributed by atoms with Crippen LogP contribution in [-0.4, -0.2) is 0 Å². The molecule has 0 amide bonds. The van der Waals surface area contributed by atoms with Gasteiger partial charge in [0.15, 0.2) is 0 Å². The highest BCUT2D eigenvalue weighted by Crippen LogP contribution is 2.52. The van der Waals surface area contributed by atoms with E-state index in [1.54, 1.807) is 0 Å². The van der Waals surface area contributed by atoms with E-state index in [0.717, 1.165) is 0 Å². The van der Waals surface area contributed by atoms with Crippen molar-refractivity contribution in [3.05, 3.63) is 154 Å². The summed E-state index contributed by atoms with van der Waals surface area (Å²) < 4.78 is 0. The van der Waals surface area contributed by atoms with E-state index in [4.69, 9.17) is 0 Å². The molecular formula is C33H24. The first kappa shape index (κ1) is 18.7. The second-order valence-corrected chi connectivity index (χ2v) is 9.28. The van der Waals surface area contributed by atoms with Crippen molar-refractivity contribution in [2.75, 3.05) is 0 Å². The van der Waals surface area contributed by atoms with E-state index >= 15 is 0 Å². The third-order valence-corrected chi connectivity index (χ3v) is 7.71. The van der Waals surface area contributed by atoms with Crippen LogP contribution in [0.1, 0.15) is 50.8 Å². The molecule has 2 aliphatic carbocycles. The van der Waals surface area contributed by atoms with Gasteiger partial charge in [0.05, 0.1) is 0 Å². The predicted molar refractivity (Wildman–Crippen MR) is 137 cm³/mol. The van der Waals surface area contributed by atoms with Crippen LogP contribution in [0.5, 0.6) is 0 Å². The van der Waals surface area contributed by atoms with Crippen molar-refractivity contribution in [1.82, 2.24) is 0 Å². The van der Waals surface area contributed by atoms with Crippen LogP contribution in [0, 0.1) is 6.92 Å². The highest BCUT2D eigenvalue weighted by molar-refractivity contribution is 5.83. The fraction of sp³-hybridized carbons (Fsp3) is 0.0909. The molecule has 0 N–H and O–H groups in total. The molecular weight excluding hydrogens is 396 g/mol. The zero-order chi connectivity index (χ0) is 21.9. The summed E-state index contributed by atoms with van der Waals surface area (Å²) in [6, 6.07) is 42.7. The molecule has 7 rings (SSSR count). The van der Waals surface area contributed by atoms with Gasteiger partial charge in [-0.3, -0.25) is 0 Å². The Morgan fingerprint density at radius 2 is 0.606 bits per heavy atom. The van der Waals surface area contributed by atoms with E-state index in [9.17, 15) is 0 Å². The molecule has 5 aromatic rings. The van der Waals surface area contributed by atoms with Crippen molar-refractivity contribution in [3.8, 4) is 22.3 Å². The number of benzene rings is 5. The number of hydrogen-bond donors (Lipinski definition) is 0. The van der Waals surface area contributed by atoms with E-state index in [2.05, 4.69) is 122 Å². The molecule has 0 saturated carbocycles. The second kappa shape index (κ2) is 7.05. The molecule has 0 aromatic heterocycles. The number of hydrogen-bond acceptors (Lipinski definition) is 0. The van der Waals surface area contributed by atoms with Crippen molar-refractivity contribution in [2.24, 2.45) is 0 Å². The Morgan fingerprint density at radius 3 is 0.939 bits per heavy atom. The molecule has 0 heterocycles. The van der Waals surface area contributed by atoms with Crippen molar-refractivity contribution in [3.63, 3.8) is 0 Å². The lowest BCUT2D eigenvalue weighted by atomic mass is 9.80. The van der Waals surface area contributed by atoms with Gasteiger partial charge in [0.25, 0.3) is 0 Å². The zero-order valence-corrected chi connectivity index (χ0v) is 18.6. The molecule has 0 unspecified atom stereocenters. The molecule has 0 saturated heterocycles. The van der Waals surface area contributed by atoms with Gasteiger partial charge in [-0.05, 0) is 68.1 Å². The molecule has 0 heteroatoms.